The highest BCUT2D eigenvalue weighted by Crippen LogP contribution is 2.15. The predicted molar refractivity (Wildman–Crippen MR) is 78.3 cm³/mol. The first-order valence-electron chi connectivity index (χ1n) is 6.90. The van der Waals surface area contributed by atoms with Crippen LogP contribution >= 0.6 is 0 Å². The van der Waals surface area contributed by atoms with Crippen LogP contribution in [0.4, 0.5) is 0 Å². The summed E-state index contributed by atoms with van der Waals surface area (Å²) in [5, 5.41) is 0. The Bertz CT molecular complexity index is 574. The Morgan fingerprint density at radius 2 is 2.33 bits per heavy atom. The van der Waals surface area contributed by atoms with Gasteiger partial charge in [-0.25, -0.2) is 8.42 Å². The van der Waals surface area contributed by atoms with E-state index in [1.54, 1.807) is 17.3 Å². The number of pyridine rings is 1. The average molecular weight is 312 g/mol. The molecule has 1 unspecified atom stereocenters. The highest BCUT2D eigenvalue weighted by atomic mass is 32.2. The third-order valence-corrected chi connectivity index (χ3v) is 4.10. The molecule has 7 heteroatoms. The summed E-state index contributed by atoms with van der Waals surface area (Å²) in [6.45, 7) is 1.50. The van der Waals surface area contributed by atoms with Gasteiger partial charge in [0.05, 0.1) is 12.7 Å². The van der Waals surface area contributed by atoms with Crippen molar-refractivity contribution in [1.29, 1.82) is 0 Å². The number of hydrogen-bond acceptors (Lipinski definition) is 5. The lowest BCUT2D eigenvalue weighted by atomic mass is 10.1. The van der Waals surface area contributed by atoms with Crippen LogP contribution in [0.2, 0.25) is 0 Å². The Morgan fingerprint density at radius 1 is 1.52 bits per heavy atom. The number of hydrogen-bond donors (Lipinski definition) is 0. The van der Waals surface area contributed by atoms with E-state index in [0.29, 0.717) is 19.7 Å². The summed E-state index contributed by atoms with van der Waals surface area (Å²) in [6.07, 6.45) is 6.18. The molecule has 0 aromatic carbocycles. The molecule has 0 aliphatic carbocycles. The maximum atomic E-state index is 11.9. The highest BCUT2D eigenvalue weighted by Gasteiger charge is 2.26. The standard InChI is InChI=1S/C14H20N2O4S/c1-21(18,19)11-14(17)16-7-3-5-13(9-16)20-10-12-4-2-6-15-8-12/h2,4,6,8,13H,3,5,7,9-11H2,1H3. The van der Waals surface area contributed by atoms with Crippen LogP contribution in [0.5, 0.6) is 0 Å². The number of sulfone groups is 1. The molecule has 1 atom stereocenters. The van der Waals surface area contributed by atoms with Crippen molar-refractivity contribution < 1.29 is 17.9 Å². The molecule has 0 spiro atoms. The number of piperidine rings is 1. The fraction of sp³-hybridized carbons (Fsp3) is 0.571. The second-order valence-electron chi connectivity index (χ2n) is 5.35. The summed E-state index contributed by atoms with van der Waals surface area (Å²) in [4.78, 5) is 17.5. The van der Waals surface area contributed by atoms with E-state index in [2.05, 4.69) is 4.98 Å². The van der Waals surface area contributed by atoms with Gasteiger partial charge in [-0.3, -0.25) is 9.78 Å². The molecule has 2 heterocycles. The number of likely N-dealkylation sites (tertiary alicyclic amines) is 1. The predicted octanol–water partition coefficient (Wildman–Crippen LogP) is 0.634. The lowest BCUT2D eigenvalue weighted by Crippen LogP contribution is -2.45. The largest absolute Gasteiger partial charge is 0.372 e. The SMILES string of the molecule is CS(=O)(=O)CC(=O)N1CCCC(OCc2cccnc2)C1. The van der Waals surface area contributed by atoms with Crippen LogP contribution in [-0.2, 0) is 26.0 Å². The zero-order valence-electron chi connectivity index (χ0n) is 12.1. The van der Waals surface area contributed by atoms with E-state index in [1.807, 2.05) is 12.1 Å². The van der Waals surface area contributed by atoms with Crippen molar-refractivity contribution in [3.8, 4) is 0 Å². The third-order valence-electron chi connectivity index (χ3n) is 3.33. The molecule has 0 saturated carbocycles. The lowest BCUT2D eigenvalue weighted by Gasteiger charge is -2.32. The monoisotopic (exact) mass is 312 g/mol. The van der Waals surface area contributed by atoms with E-state index >= 15 is 0 Å². The van der Waals surface area contributed by atoms with Gasteiger partial charge in [0.15, 0.2) is 9.84 Å². The van der Waals surface area contributed by atoms with Gasteiger partial charge < -0.3 is 9.64 Å². The van der Waals surface area contributed by atoms with Crippen molar-refractivity contribution in [3.05, 3.63) is 30.1 Å². The van der Waals surface area contributed by atoms with Crippen LogP contribution in [0, 0.1) is 0 Å². The summed E-state index contributed by atoms with van der Waals surface area (Å²) in [6, 6.07) is 3.78. The molecule has 1 amide bonds. The van der Waals surface area contributed by atoms with E-state index in [9.17, 15) is 13.2 Å². The van der Waals surface area contributed by atoms with E-state index in [1.165, 1.54) is 0 Å². The minimum atomic E-state index is -3.29. The summed E-state index contributed by atoms with van der Waals surface area (Å²) in [7, 11) is -3.29. The van der Waals surface area contributed by atoms with Crippen LogP contribution in [-0.4, -0.2) is 55.4 Å². The van der Waals surface area contributed by atoms with Gasteiger partial charge in [0, 0.05) is 31.7 Å². The molecule has 1 aliphatic rings. The Morgan fingerprint density at radius 3 is 3.00 bits per heavy atom. The molecule has 0 bridgehead atoms. The van der Waals surface area contributed by atoms with Gasteiger partial charge in [-0.15, -0.1) is 0 Å². The number of nitrogens with zero attached hydrogens (tertiary/aromatic N) is 2. The molecule has 6 nitrogen and oxygen atoms in total. The second kappa shape index (κ2) is 7.00. The van der Waals surface area contributed by atoms with Gasteiger partial charge in [0.2, 0.25) is 5.91 Å². The number of amides is 1. The van der Waals surface area contributed by atoms with Crippen LogP contribution in [0.25, 0.3) is 0 Å². The fourth-order valence-corrected chi connectivity index (χ4v) is 2.95. The molecule has 0 radical (unpaired) electrons. The zero-order chi connectivity index (χ0) is 15.3. The molecular weight excluding hydrogens is 292 g/mol. The van der Waals surface area contributed by atoms with Crippen LogP contribution < -0.4 is 0 Å². The third kappa shape index (κ3) is 5.43. The van der Waals surface area contributed by atoms with Crippen molar-refractivity contribution in [2.45, 2.75) is 25.6 Å². The zero-order valence-corrected chi connectivity index (χ0v) is 12.9. The Balaban J connectivity index is 1.84. The molecular formula is C14H20N2O4S. The highest BCUT2D eigenvalue weighted by molar-refractivity contribution is 7.91. The second-order valence-corrected chi connectivity index (χ2v) is 7.49. The Labute approximate surface area is 125 Å². The van der Waals surface area contributed by atoms with E-state index < -0.39 is 15.6 Å². The molecule has 1 aromatic heterocycles. The van der Waals surface area contributed by atoms with E-state index in [4.69, 9.17) is 4.74 Å². The minimum Gasteiger partial charge on any atom is -0.372 e. The molecule has 116 valence electrons. The van der Waals surface area contributed by atoms with E-state index in [0.717, 1.165) is 24.7 Å². The van der Waals surface area contributed by atoms with Crippen molar-refractivity contribution in [1.82, 2.24) is 9.88 Å². The van der Waals surface area contributed by atoms with Gasteiger partial charge in [-0.05, 0) is 24.5 Å². The first kappa shape index (κ1) is 15.9. The molecule has 0 N–H and O–H groups in total. The maximum absolute atomic E-state index is 11.9. The number of ether oxygens (including phenoxy) is 1. The summed E-state index contributed by atoms with van der Waals surface area (Å²) < 4.78 is 28.2. The Hall–Kier alpha value is -1.47. The van der Waals surface area contributed by atoms with Crippen molar-refractivity contribution in [2.75, 3.05) is 25.1 Å². The van der Waals surface area contributed by atoms with Gasteiger partial charge in [0.25, 0.3) is 0 Å². The fourth-order valence-electron chi connectivity index (χ4n) is 2.31. The molecule has 2 rings (SSSR count). The lowest BCUT2D eigenvalue weighted by molar-refractivity contribution is -0.132. The number of carbonyl (C=O) groups is 1. The minimum absolute atomic E-state index is 0.0533. The number of rotatable bonds is 5. The van der Waals surface area contributed by atoms with Crippen molar-refractivity contribution in [3.63, 3.8) is 0 Å². The van der Waals surface area contributed by atoms with Gasteiger partial charge in [0.1, 0.15) is 5.75 Å². The molecule has 1 saturated heterocycles. The normalized spacial score (nSPS) is 19.5. The van der Waals surface area contributed by atoms with Crippen molar-refractivity contribution >= 4 is 15.7 Å². The quantitative estimate of drug-likeness (QED) is 0.797. The number of carbonyl (C=O) groups excluding carboxylic acids is 1. The first-order valence-corrected chi connectivity index (χ1v) is 8.96. The Kier molecular flexibility index (Phi) is 5.30. The molecule has 1 fully saturated rings. The first-order chi connectivity index (χ1) is 9.94. The number of aromatic nitrogens is 1. The van der Waals surface area contributed by atoms with Crippen molar-refractivity contribution in [2.24, 2.45) is 0 Å². The van der Waals surface area contributed by atoms with Crippen LogP contribution in [0.3, 0.4) is 0 Å². The van der Waals surface area contributed by atoms with E-state index in [-0.39, 0.29) is 12.0 Å². The average Bonchev–Trinajstić information content (AvgIpc) is 2.45. The van der Waals surface area contributed by atoms with Crippen LogP contribution in [0.15, 0.2) is 24.5 Å². The molecule has 1 aromatic rings. The smallest absolute Gasteiger partial charge is 0.237 e. The van der Waals surface area contributed by atoms with Gasteiger partial charge >= 0.3 is 0 Å². The van der Waals surface area contributed by atoms with Gasteiger partial charge in [-0.1, -0.05) is 6.07 Å². The van der Waals surface area contributed by atoms with Crippen LogP contribution in [0.1, 0.15) is 18.4 Å². The molecule has 21 heavy (non-hydrogen) atoms. The molecule has 1 aliphatic heterocycles. The maximum Gasteiger partial charge on any atom is 0.237 e. The summed E-state index contributed by atoms with van der Waals surface area (Å²) >= 11 is 0. The topological polar surface area (TPSA) is 76.6 Å². The summed E-state index contributed by atoms with van der Waals surface area (Å²) in [5.41, 5.74) is 0.983. The summed E-state index contributed by atoms with van der Waals surface area (Å²) in [5.74, 6) is -0.769. The van der Waals surface area contributed by atoms with Gasteiger partial charge in [-0.2, -0.15) is 0 Å².